The quantitative estimate of drug-likeness (QED) is 0.359. The van der Waals surface area contributed by atoms with E-state index in [0.717, 1.165) is 11.1 Å². The summed E-state index contributed by atoms with van der Waals surface area (Å²) >= 11 is 0. The smallest absolute Gasteiger partial charge is 0.302 e. The fraction of sp³-hybridized carbons (Fsp3) is 0.500. The Morgan fingerprint density at radius 1 is 1.58 bits per heavy atom. The maximum absolute atomic E-state index is 10.8. The predicted octanol–water partition coefficient (Wildman–Crippen LogP) is -0.00420. The van der Waals surface area contributed by atoms with Crippen LogP contribution in [0, 0.1) is 0 Å². The van der Waals surface area contributed by atoms with Crippen LogP contribution in [0.4, 0.5) is 0 Å². The van der Waals surface area contributed by atoms with E-state index in [4.69, 9.17) is 4.74 Å². The monoisotopic (exact) mass is 169 g/mol. The average molecular weight is 169 g/mol. The summed E-state index contributed by atoms with van der Waals surface area (Å²) in [7, 11) is 0. The summed E-state index contributed by atoms with van der Waals surface area (Å²) in [5, 5.41) is 2.59. The fourth-order valence-corrected chi connectivity index (χ4v) is 0.891. The predicted molar refractivity (Wildman–Crippen MR) is 42.3 cm³/mol. The molecule has 1 amide bonds. The first-order valence-corrected chi connectivity index (χ1v) is 3.71. The van der Waals surface area contributed by atoms with Gasteiger partial charge in [-0.05, 0) is 12.5 Å². The third kappa shape index (κ3) is 1.84. The molecule has 0 saturated carbocycles. The van der Waals surface area contributed by atoms with Gasteiger partial charge in [0, 0.05) is 19.0 Å². The maximum atomic E-state index is 10.8. The van der Waals surface area contributed by atoms with Crippen molar-refractivity contribution in [3.05, 3.63) is 11.1 Å². The number of amides is 1. The van der Waals surface area contributed by atoms with E-state index in [1.54, 1.807) is 6.92 Å². The lowest BCUT2D eigenvalue weighted by Gasteiger charge is -2.20. The summed E-state index contributed by atoms with van der Waals surface area (Å²) in [6, 6.07) is 0. The van der Waals surface area contributed by atoms with E-state index in [2.05, 4.69) is 5.32 Å². The van der Waals surface area contributed by atoms with Crippen molar-refractivity contribution in [1.29, 1.82) is 0 Å². The first kappa shape index (κ1) is 8.77. The Kier molecular flexibility index (Phi) is 2.47. The third-order valence-corrected chi connectivity index (χ3v) is 1.71. The van der Waals surface area contributed by atoms with E-state index in [1.165, 1.54) is 6.92 Å². The van der Waals surface area contributed by atoms with Gasteiger partial charge in [-0.15, -0.1) is 0 Å². The van der Waals surface area contributed by atoms with E-state index < -0.39 is 0 Å². The van der Waals surface area contributed by atoms with Crippen LogP contribution in [0.5, 0.6) is 0 Å². The zero-order chi connectivity index (χ0) is 9.14. The van der Waals surface area contributed by atoms with Crippen molar-refractivity contribution in [3.63, 3.8) is 0 Å². The van der Waals surface area contributed by atoms with Gasteiger partial charge in [0.1, 0.15) is 6.61 Å². The molecule has 1 heterocycles. The summed E-state index contributed by atoms with van der Waals surface area (Å²) in [6.45, 7) is 3.94. The molecule has 0 spiro atoms. The Labute approximate surface area is 70.6 Å². The number of rotatable bonds is 2. The molecule has 0 atom stereocenters. The van der Waals surface area contributed by atoms with Crippen molar-refractivity contribution in [2.75, 3.05) is 13.2 Å². The maximum Gasteiger partial charge on any atom is 0.302 e. The highest BCUT2D eigenvalue weighted by molar-refractivity contribution is 6.00. The van der Waals surface area contributed by atoms with Crippen molar-refractivity contribution >= 4 is 11.9 Å². The second-order valence-corrected chi connectivity index (χ2v) is 2.72. The first-order chi connectivity index (χ1) is 5.61. The lowest BCUT2D eigenvalue weighted by molar-refractivity contribution is -0.140. The van der Waals surface area contributed by atoms with Crippen LogP contribution in [0.25, 0.3) is 0 Å². The van der Waals surface area contributed by atoms with Gasteiger partial charge in [0.25, 0.3) is 0 Å². The molecule has 1 fully saturated rings. The molecule has 0 aliphatic carbocycles. The van der Waals surface area contributed by atoms with E-state index in [0.29, 0.717) is 6.54 Å². The normalized spacial score (nSPS) is 19.3. The lowest BCUT2D eigenvalue weighted by atomic mass is 10.0. The van der Waals surface area contributed by atoms with Gasteiger partial charge in [0.2, 0.25) is 5.91 Å². The minimum Gasteiger partial charge on any atom is -0.461 e. The van der Waals surface area contributed by atoms with Crippen molar-refractivity contribution in [1.82, 2.24) is 5.32 Å². The van der Waals surface area contributed by atoms with Crippen LogP contribution in [0.2, 0.25) is 0 Å². The molecule has 1 rings (SSSR count). The van der Waals surface area contributed by atoms with Crippen molar-refractivity contribution < 1.29 is 14.3 Å². The average Bonchev–Trinajstić information content (AvgIpc) is 1.98. The summed E-state index contributed by atoms with van der Waals surface area (Å²) in [5.74, 6) is -0.380. The minimum absolute atomic E-state index is 0.0559. The highest BCUT2D eigenvalue weighted by Crippen LogP contribution is 2.10. The Balaban J connectivity index is 2.46. The van der Waals surface area contributed by atoms with Crippen LogP contribution in [-0.2, 0) is 14.3 Å². The number of carbonyl (C=O) groups is 2. The van der Waals surface area contributed by atoms with Gasteiger partial charge in [-0.3, -0.25) is 9.59 Å². The molecule has 12 heavy (non-hydrogen) atoms. The van der Waals surface area contributed by atoms with Crippen molar-refractivity contribution in [2.45, 2.75) is 13.8 Å². The number of ether oxygens (including phenoxy) is 1. The first-order valence-electron chi connectivity index (χ1n) is 3.71. The van der Waals surface area contributed by atoms with Gasteiger partial charge in [0.15, 0.2) is 0 Å². The molecule has 1 aliphatic heterocycles. The van der Waals surface area contributed by atoms with Gasteiger partial charge in [-0.2, -0.15) is 0 Å². The Bertz CT molecular complexity index is 255. The van der Waals surface area contributed by atoms with E-state index in [1.807, 2.05) is 0 Å². The number of hydrogen-bond acceptors (Lipinski definition) is 3. The molecular weight excluding hydrogens is 158 g/mol. The molecular formula is C8H11NO3. The molecule has 0 bridgehead atoms. The molecule has 1 N–H and O–H groups in total. The lowest BCUT2D eigenvalue weighted by Crippen LogP contribution is -2.42. The van der Waals surface area contributed by atoms with Gasteiger partial charge in [-0.25, -0.2) is 0 Å². The largest absolute Gasteiger partial charge is 0.461 e. The number of hydrogen-bond donors (Lipinski definition) is 1. The second-order valence-electron chi connectivity index (χ2n) is 2.72. The Morgan fingerprint density at radius 3 is 2.58 bits per heavy atom. The van der Waals surface area contributed by atoms with Gasteiger partial charge in [-0.1, -0.05) is 0 Å². The zero-order valence-electron chi connectivity index (χ0n) is 7.14. The highest BCUT2D eigenvalue weighted by Gasteiger charge is 2.21. The molecule has 0 aromatic rings. The highest BCUT2D eigenvalue weighted by atomic mass is 16.5. The molecule has 66 valence electrons. The van der Waals surface area contributed by atoms with Gasteiger partial charge in [0.05, 0.1) is 0 Å². The van der Waals surface area contributed by atoms with E-state index in [-0.39, 0.29) is 18.5 Å². The van der Waals surface area contributed by atoms with Crippen LogP contribution in [0.1, 0.15) is 13.8 Å². The van der Waals surface area contributed by atoms with Gasteiger partial charge >= 0.3 is 5.97 Å². The molecule has 0 aromatic carbocycles. The SMILES string of the molecule is CC(=O)OC/C(C)=C1/CNC1=O. The molecule has 0 unspecified atom stereocenters. The molecule has 4 heteroatoms. The fourth-order valence-electron chi connectivity index (χ4n) is 0.891. The Morgan fingerprint density at radius 2 is 2.25 bits per heavy atom. The summed E-state index contributed by atoms with van der Waals surface area (Å²) < 4.78 is 4.73. The molecule has 1 saturated heterocycles. The molecule has 0 aromatic heterocycles. The number of carbonyl (C=O) groups excluding carboxylic acids is 2. The second kappa shape index (κ2) is 3.38. The number of esters is 1. The number of nitrogens with one attached hydrogen (secondary N) is 1. The van der Waals surface area contributed by atoms with Crippen LogP contribution in [0.3, 0.4) is 0 Å². The molecule has 0 radical (unpaired) electrons. The van der Waals surface area contributed by atoms with Gasteiger partial charge < -0.3 is 10.1 Å². The molecule has 4 nitrogen and oxygen atoms in total. The summed E-state index contributed by atoms with van der Waals surface area (Å²) in [6.07, 6.45) is 0. The topological polar surface area (TPSA) is 55.4 Å². The summed E-state index contributed by atoms with van der Waals surface area (Å²) in [4.78, 5) is 21.2. The minimum atomic E-state index is -0.324. The Hall–Kier alpha value is -1.32. The van der Waals surface area contributed by atoms with E-state index >= 15 is 0 Å². The van der Waals surface area contributed by atoms with Crippen LogP contribution in [0.15, 0.2) is 11.1 Å². The van der Waals surface area contributed by atoms with Crippen LogP contribution in [-0.4, -0.2) is 25.0 Å². The van der Waals surface area contributed by atoms with Crippen molar-refractivity contribution in [2.24, 2.45) is 0 Å². The standard InChI is InChI=1S/C8H11NO3/c1-5(4-12-6(2)10)7-3-9-8(7)11/h3-4H2,1-2H3,(H,9,11)/b7-5-. The van der Waals surface area contributed by atoms with E-state index in [9.17, 15) is 9.59 Å². The van der Waals surface area contributed by atoms with Crippen LogP contribution >= 0.6 is 0 Å². The number of β-lactam (4-membered cyclic amide) rings is 1. The third-order valence-electron chi connectivity index (χ3n) is 1.71. The molecule has 1 aliphatic rings. The summed E-state index contributed by atoms with van der Waals surface area (Å²) in [5.41, 5.74) is 1.56. The van der Waals surface area contributed by atoms with Crippen molar-refractivity contribution in [3.8, 4) is 0 Å². The zero-order valence-corrected chi connectivity index (χ0v) is 7.14. The van der Waals surface area contributed by atoms with Crippen LogP contribution < -0.4 is 5.32 Å².